The highest BCUT2D eigenvalue weighted by atomic mass is 79.9. The first-order valence-corrected chi connectivity index (χ1v) is 8.08. The molecule has 0 saturated heterocycles. The minimum absolute atomic E-state index is 0.701. The smallest absolute Gasteiger partial charge is 0.0648 e. The quantitative estimate of drug-likeness (QED) is 0.299. The Morgan fingerprint density at radius 2 is 1.12 bits per heavy atom. The number of rotatable bonds is 12. The summed E-state index contributed by atoms with van der Waals surface area (Å²) in [5, 5.41) is 2.13. The summed E-state index contributed by atoms with van der Waals surface area (Å²) in [4.78, 5) is 0. The van der Waals surface area contributed by atoms with Gasteiger partial charge >= 0.3 is 0 Å². The zero-order valence-electron chi connectivity index (χ0n) is 9.80. The zero-order valence-corrected chi connectivity index (χ0v) is 13.0. The topological polar surface area (TPSA) is 18.5 Å². The van der Waals surface area contributed by atoms with Crippen LogP contribution in [0.2, 0.25) is 0 Å². The van der Waals surface area contributed by atoms with Gasteiger partial charge in [-0.25, -0.2) is 0 Å². The molecule has 0 amide bonds. The molecule has 0 rings (SSSR count). The van der Waals surface area contributed by atoms with Crippen molar-refractivity contribution in [3.05, 3.63) is 12.2 Å². The van der Waals surface area contributed by atoms with Gasteiger partial charge in [-0.1, -0.05) is 44.0 Å². The summed E-state index contributed by atoms with van der Waals surface area (Å²) in [6.45, 7) is 3.10. The molecule has 0 unspecified atom stereocenters. The highest BCUT2D eigenvalue weighted by Crippen LogP contribution is 1.95. The Balaban J connectivity index is 2.98. The maximum absolute atomic E-state index is 5.41. The van der Waals surface area contributed by atoms with E-state index in [9.17, 15) is 0 Å². The van der Waals surface area contributed by atoms with E-state index in [1.165, 1.54) is 12.8 Å². The van der Waals surface area contributed by atoms with Crippen LogP contribution in [0.3, 0.4) is 0 Å². The molecule has 0 N–H and O–H groups in total. The van der Waals surface area contributed by atoms with Crippen molar-refractivity contribution in [2.75, 3.05) is 37.1 Å². The molecule has 0 bridgehead atoms. The molecule has 4 heteroatoms. The number of hydrogen-bond acceptors (Lipinski definition) is 2. The van der Waals surface area contributed by atoms with Crippen LogP contribution in [-0.2, 0) is 9.47 Å². The molecule has 0 aromatic rings. The number of alkyl halides is 2. The molecule has 0 spiro atoms. The molecule has 0 saturated carbocycles. The molecule has 96 valence electrons. The number of halogens is 2. The van der Waals surface area contributed by atoms with Gasteiger partial charge in [-0.2, -0.15) is 0 Å². The van der Waals surface area contributed by atoms with Gasteiger partial charge in [0.2, 0.25) is 0 Å². The van der Waals surface area contributed by atoms with Crippen LogP contribution in [0.25, 0.3) is 0 Å². The van der Waals surface area contributed by atoms with Crippen LogP contribution in [0.5, 0.6) is 0 Å². The third kappa shape index (κ3) is 14.6. The molecule has 2 nitrogen and oxygen atoms in total. The normalized spacial score (nSPS) is 11.4. The summed E-state index contributed by atoms with van der Waals surface area (Å²) in [5.41, 5.74) is 0. The Kier molecular flexibility index (Phi) is 16.2. The molecular formula is C12H22Br2O2. The summed E-state index contributed by atoms with van der Waals surface area (Å²) < 4.78 is 10.8. The van der Waals surface area contributed by atoms with Crippen LogP contribution in [0.15, 0.2) is 12.2 Å². The fourth-order valence-electron chi connectivity index (χ4n) is 1.04. The van der Waals surface area contributed by atoms with Crippen molar-refractivity contribution in [1.29, 1.82) is 0 Å². The van der Waals surface area contributed by atoms with Crippen molar-refractivity contribution >= 4 is 31.9 Å². The number of ether oxygens (including phenoxy) is 2. The van der Waals surface area contributed by atoms with E-state index in [0.29, 0.717) is 13.2 Å². The second-order valence-electron chi connectivity index (χ2n) is 3.41. The van der Waals surface area contributed by atoms with Crippen LogP contribution in [0, 0.1) is 0 Å². The molecule has 0 heterocycles. The summed E-state index contributed by atoms with van der Waals surface area (Å²) in [7, 11) is 0. The van der Waals surface area contributed by atoms with Crippen LogP contribution < -0.4 is 0 Å². The van der Waals surface area contributed by atoms with Crippen LogP contribution >= 0.6 is 31.9 Å². The Bertz CT molecular complexity index is 136. The molecule has 0 aliphatic rings. The minimum atomic E-state index is 0.701. The second-order valence-corrected chi connectivity index (χ2v) is 5.00. The largest absolute Gasteiger partial charge is 0.377 e. The molecule has 16 heavy (non-hydrogen) atoms. The Morgan fingerprint density at radius 1 is 0.688 bits per heavy atom. The highest BCUT2D eigenvalue weighted by Gasteiger charge is 1.87. The predicted molar refractivity (Wildman–Crippen MR) is 76.8 cm³/mol. The predicted octanol–water partition coefficient (Wildman–Crippen LogP) is 3.93. The molecule has 0 aromatic heterocycles. The van der Waals surface area contributed by atoms with E-state index < -0.39 is 0 Å². The highest BCUT2D eigenvalue weighted by molar-refractivity contribution is 9.09. The molecule has 0 atom stereocenters. The van der Waals surface area contributed by atoms with Gasteiger partial charge in [0.25, 0.3) is 0 Å². The number of hydrogen-bond donors (Lipinski definition) is 0. The Hall–Kier alpha value is 0.620. The third-order valence-corrected chi connectivity index (χ3v) is 3.06. The fourth-order valence-corrected chi connectivity index (χ4v) is 1.83. The lowest BCUT2D eigenvalue weighted by Crippen LogP contribution is -1.97. The zero-order chi connectivity index (χ0) is 11.9. The lowest BCUT2D eigenvalue weighted by atomic mass is 10.4. The van der Waals surface area contributed by atoms with Crippen molar-refractivity contribution in [2.45, 2.75) is 25.7 Å². The molecule has 0 aromatic carbocycles. The van der Waals surface area contributed by atoms with Gasteiger partial charge in [-0.15, -0.1) is 0 Å². The van der Waals surface area contributed by atoms with E-state index in [-0.39, 0.29) is 0 Å². The van der Waals surface area contributed by atoms with Gasteiger partial charge in [0.1, 0.15) is 0 Å². The Morgan fingerprint density at radius 3 is 1.50 bits per heavy atom. The van der Waals surface area contributed by atoms with Gasteiger partial charge in [-0.3, -0.25) is 0 Å². The van der Waals surface area contributed by atoms with Crippen molar-refractivity contribution in [2.24, 2.45) is 0 Å². The molecular weight excluding hydrogens is 336 g/mol. The van der Waals surface area contributed by atoms with Crippen molar-refractivity contribution in [3.8, 4) is 0 Å². The molecule has 0 aliphatic carbocycles. The van der Waals surface area contributed by atoms with Gasteiger partial charge in [-0.05, 0) is 25.7 Å². The Labute approximate surface area is 116 Å². The van der Waals surface area contributed by atoms with Crippen LogP contribution in [-0.4, -0.2) is 37.1 Å². The summed E-state index contributed by atoms with van der Waals surface area (Å²) >= 11 is 6.78. The van der Waals surface area contributed by atoms with Crippen molar-refractivity contribution in [1.82, 2.24) is 0 Å². The summed E-state index contributed by atoms with van der Waals surface area (Å²) in [6.07, 6.45) is 8.67. The van der Waals surface area contributed by atoms with Crippen LogP contribution in [0.4, 0.5) is 0 Å². The maximum Gasteiger partial charge on any atom is 0.0648 e. The molecule has 0 fully saturated rings. The first-order valence-electron chi connectivity index (χ1n) is 5.84. The average Bonchev–Trinajstić information content (AvgIpc) is 2.31. The molecule has 0 aliphatic heterocycles. The second kappa shape index (κ2) is 15.6. The lowest BCUT2D eigenvalue weighted by Gasteiger charge is -2.00. The number of unbranched alkanes of at least 4 members (excludes halogenated alkanes) is 2. The average molecular weight is 358 g/mol. The van der Waals surface area contributed by atoms with E-state index in [0.717, 1.165) is 36.7 Å². The van der Waals surface area contributed by atoms with Gasteiger partial charge < -0.3 is 9.47 Å². The van der Waals surface area contributed by atoms with E-state index >= 15 is 0 Å². The minimum Gasteiger partial charge on any atom is -0.377 e. The monoisotopic (exact) mass is 356 g/mol. The lowest BCUT2D eigenvalue weighted by molar-refractivity contribution is 0.151. The van der Waals surface area contributed by atoms with Gasteiger partial charge in [0.15, 0.2) is 0 Å². The fraction of sp³-hybridized carbons (Fsp3) is 0.833. The van der Waals surface area contributed by atoms with Crippen molar-refractivity contribution < 1.29 is 9.47 Å². The SMILES string of the molecule is BrCCCCOC/C=C/COCCCCBr. The van der Waals surface area contributed by atoms with Crippen molar-refractivity contribution in [3.63, 3.8) is 0 Å². The van der Waals surface area contributed by atoms with Gasteiger partial charge in [0.05, 0.1) is 13.2 Å². The molecule has 0 radical (unpaired) electrons. The standard InChI is InChI=1S/C12H22Br2O2/c13-7-1-3-9-15-11-5-6-12-16-10-4-2-8-14/h5-6H,1-4,7-12H2/b6-5+. The van der Waals surface area contributed by atoms with Crippen LogP contribution in [0.1, 0.15) is 25.7 Å². The van der Waals surface area contributed by atoms with E-state index in [2.05, 4.69) is 31.9 Å². The third-order valence-electron chi connectivity index (χ3n) is 1.94. The summed E-state index contributed by atoms with van der Waals surface area (Å²) in [5.74, 6) is 0. The van der Waals surface area contributed by atoms with E-state index in [1.54, 1.807) is 0 Å². The van der Waals surface area contributed by atoms with E-state index in [1.807, 2.05) is 12.2 Å². The first kappa shape index (κ1) is 16.6. The summed E-state index contributed by atoms with van der Waals surface area (Å²) in [6, 6.07) is 0. The van der Waals surface area contributed by atoms with Gasteiger partial charge in [0, 0.05) is 23.9 Å². The van der Waals surface area contributed by atoms with E-state index in [4.69, 9.17) is 9.47 Å². The first-order chi connectivity index (χ1) is 7.91. The maximum atomic E-state index is 5.41.